The van der Waals surface area contributed by atoms with Gasteiger partial charge < -0.3 is 10.6 Å². The van der Waals surface area contributed by atoms with Gasteiger partial charge in [0.2, 0.25) is 0 Å². The molecule has 1 aliphatic carbocycles. The highest BCUT2D eigenvalue weighted by Crippen LogP contribution is 2.32. The first-order valence-electron chi connectivity index (χ1n) is 7.20. The largest absolute Gasteiger partial charge is 0.357 e. The first-order chi connectivity index (χ1) is 9.03. The Morgan fingerprint density at radius 2 is 1.74 bits per heavy atom. The third kappa shape index (κ3) is 3.69. The zero-order valence-corrected chi connectivity index (χ0v) is 13.0. The average Bonchev–Trinajstić information content (AvgIpc) is 2.76. The first-order valence-corrected chi connectivity index (χ1v) is 7.61. The van der Waals surface area contributed by atoms with E-state index in [1.165, 1.54) is 36.8 Å². The zero-order chi connectivity index (χ0) is 13.9. The van der Waals surface area contributed by atoms with Gasteiger partial charge in [-0.15, -0.1) is 0 Å². The molecule has 1 aromatic carbocycles. The Morgan fingerprint density at radius 1 is 1.16 bits per heavy atom. The summed E-state index contributed by atoms with van der Waals surface area (Å²) in [5.74, 6) is 0. The molecule has 0 amide bonds. The molecule has 2 nitrogen and oxygen atoms in total. The Morgan fingerprint density at radius 3 is 2.26 bits per heavy atom. The van der Waals surface area contributed by atoms with Crippen molar-refractivity contribution >= 4 is 23.0 Å². The monoisotopic (exact) mass is 276 g/mol. The van der Waals surface area contributed by atoms with Gasteiger partial charge in [-0.3, -0.25) is 0 Å². The SMILES string of the molecule is CCC1(NC(=S)Nc2cc(C)cc(C)c2)CCCC1. The molecule has 1 saturated carbocycles. The molecule has 1 aliphatic rings. The molecule has 104 valence electrons. The molecule has 0 atom stereocenters. The molecule has 2 rings (SSSR count). The lowest BCUT2D eigenvalue weighted by atomic mass is 9.94. The van der Waals surface area contributed by atoms with Crippen LogP contribution in [0.2, 0.25) is 0 Å². The molecule has 1 fully saturated rings. The maximum absolute atomic E-state index is 5.48. The van der Waals surface area contributed by atoms with Gasteiger partial charge in [-0.2, -0.15) is 0 Å². The van der Waals surface area contributed by atoms with Gasteiger partial charge >= 0.3 is 0 Å². The molecule has 0 bridgehead atoms. The van der Waals surface area contributed by atoms with Gasteiger partial charge in [-0.05, 0) is 68.6 Å². The van der Waals surface area contributed by atoms with Crippen molar-refractivity contribution in [1.29, 1.82) is 0 Å². The molecule has 0 spiro atoms. The molecule has 0 radical (unpaired) electrons. The zero-order valence-electron chi connectivity index (χ0n) is 12.2. The van der Waals surface area contributed by atoms with Gasteiger partial charge in [0.15, 0.2) is 5.11 Å². The summed E-state index contributed by atoms with van der Waals surface area (Å²) >= 11 is 5.48. The fourth-order valence-electron chi connectivity index (χ4n) is 3.07. The Balaban J connectivity index is 2.00. The Labute approximate surface area is 122 Å². The summed E-state index contributed by atoms with van der Waals surface area (Å²) in [6.45, 7) is 6.47. The number of nitrogens with one attached hydrogen (secondary N) is 2. The van der Waals surface area contributed by atoms with E-state index in [9.17, 15) is 0 Å². The van der Waals surface area contributed by atoms with Gasteiger partial charge in [-0.1, -0.05) is 25.8 Å². The molecule has 0 aromatic heterocycles. The van der Waals surface area contributed by atoms with Crippen LogP contribution >= 0.6 is 12.2 Å². The van der Waals surface area contributed by atoms with E-state index in [1.807, 2.05) is 0 Å². The van der Waals surface area contributed by atoms with Gasteiger partial charge in [0.25, 0.3) is 0 Å². The number of anilines is 1. The summed E-state index contributed by atoms with van der Waals surface area (Å²) in [5, 5.41) is 7.64. The summed E-state index contributed by atoms with van der Waals surface area (Å²) in [7, 11) is 0. The number of hydrogen-bond acceptors (Lipinski definition) is 1. The van der Waals surface area contributed by atoms with Gasteiger partial charge in [-0.25, -0.2) is 0 Å². The van der Waals surface area contributed by atoms with Crippen LogP contribution in [0.3, 0.4) is 0 Å². The first kappa shape index (κ1) is 14.3. The topological polar surface area (TPSA) is 24.1 Å². The van der Waals surface area contributed by atoms with E-state index in [-0.39, 0.29) is 5.54 Å². The van der Waals surface area contributed by atoms with Crippen molar-refractivity contribution in [3.63, 3.8) is 0 Å². The van der Waals surface area contributed by atoms with Crippen LogP contribution in [0.4, 0.5) is 5.69 Å². The van der Waals surface area contributed by atoms with Crippen molar-refractivity contribution in [1.82, 2.24) is 5.32 Å². The van der Waals surface area contributed by atoms with E-state index in [2.05, 4.69) is 49.6 Å². The van der Waals surface area contributed by atoms with Crippen LogP contribution in [-0.4, -0.2) is 10.7 Å². The van der Waals surface area contributed by atoms with Crippen LogP contribution in [0.25, 0.3) is 0 Å². The van der Waals surface area contributed by atoms with Crippen LogP contribution in [0.15, 0.2) is 18.2 Å². The molecular weight excluding hydrogens is 252 g/mol. The number of hydrogen-bond donors (Lipinski definition) is 2. The third-order valence-corrected chi connectivity index (χ3v) is 4.30. The molecule has 0 saturated heterocycles. The maximum atomic E-state index is 5.48. The van der Waals surface area contributed by atoms with Crippen LogP contribution in [-0.2, 0) is 0 Å². The molecule has 19 heavy (non-hydrogen) atoms. The molecule has 3 heteroatoms. The Kier molecular flexibility index (Phi) is 4.46. The highest BCUT2D eigenvalue weighted by atomic mass is 32.1. The van der Waals surface area contributed by atoms with Gasteiger partial charge in [0, 0.05) is 11.2 Å². The minimum Gasteiger partial charge on any atom is -0.357 e. The molecule has 0 unspecified atom stereocenters. The van der Waals surface area contributed by atoms with E-state index >= 15 is 0 Å². The number of benzene rings is 1. The van der Waals surface area contributed by atoms with Crippen molar-refractivity contribution in [3.05, 3.63) is 29.3 Å². The number of rotatable bonds is 3. The molecule has 0 heterocycles. The predicted octanol–water partition coefficient (Wildman–Crippen LogP) is 4.31. The van der Waals surface area contributed by atoms with Crippen LogP contribution in [0.1, 0.15) is 50.2 Å². The number of thiocarbonyl (C=S) groups is 1. The molecule has 0 aliphatic heterocycles. The van der Waals surface area contributed by atoms with Crippen molar-refractivity contribution in [2.24, 2.45) is 0 Å². The van der Waals surface area contributed by atoms with E-state index < -0.39 is 0 Å². The van der Waals surface area contributed by atoms with Crippen molar-refractivity contribution in [2.45, 2.75) is 58.4 Å². The van der Waals surface area contributed by atoms with E-state index in [4.69, 9.17) is 12.2 Å². The second-order valence-electron chi connectivity index (χ2n) is 5.80. The lowest BCUT2D eigenvalue weighted by Crippen LogP contribution is -2.47. The lowest BCUT2D eigenvalue weighted by Gasteiger charge is -2.30. The van der Waals surface area contributed by atoms with Crippen molar-refractivity contribution < 1.29 is 0 Å². The minimum atomic E-state index is 0.225. The highest BCUT2D eigenvalue weighted by Gasteiger charge is 2.32. The van der Waals surface area contributed by atoms with Gasteiger partial charge in [0.1, 0.15) is 0 Å². The predicted molar refractivity (Wildman–Crippen MR) is 86.8 cm³/mol. The summed E-state index contributed by atoms with van der Waals surface area (Å²) in [6.07, 6.45) is 6.23. The molecule has 1 aromatic rings. The second kappa shape index (κ2) is 5.91. The highest BCUT2D eigenvalue weighted by molar-refractivity contribution is 7.80. The lowest BCUT2D eigenvalue weighted by molar-refractivity contribution is 0.378. The smallest absolute Gasteiger partial charge is 0.171 e. The third-order valence-electron chi connectivity index (χ3n) is 4.10. The summed E-state index contributed by atoms with van der Waals surface area (Å²) < 4.78 is 0. The normalized spacial score (nSPS) is 17.2. The van der Waals surface area contributed by atoms with Crippen LogP contribution in [0, 0.1) is 13.8 Å². The van der Waals surface area contributed by atoms with Crippen LogP contribution < -0.4 is 10.6 Å². The van der Waals surface area contributed by atoms with Crippen LogP contribution in [0.5, 0.6) is 0 Å². The quantitative estimate of drug-likeness (QED) is 0.804. The minimum absolute atomic E-state index is 0.225. The summed E-state index contributed by atoms with van der Waals surface area (Å²) in [5.41, 5.74) is 3.83. The van der Waals surface area contributed by atoms with E-state index in [0.717, 1.165) is 17.2 Å². The molecular formula is C16H24N2S. The Bertz CT molecular complexity index is 442. The average molecular weight is 276 g/mol. The van der Waals surface area contributed by atoms with Gasteiger partial charge in [0.05, 0.1) is 0 Å². The second-order valence-corrected chi connectivity index (χ2v) is 6.20. The van der Waals surface area contributed by atoms with E-state index in [1.54, 1.807) is 0 Å². The number of aryl methyl sites for hydroxylation is 2. The maximum Gasteiger partial charge on any atom is 0.171 e. The summed E-state index contributed by atoms with van der Waals surface area (Å²) in [6, 6.07) is 6.44. The fraction of sp³-hybridized carbons (Fsp3) is 0.562. The summed E-state index contributed by atoms with van der Waals surface area (Å²) in [4.78, 5) is 0. The van der Waals surface area contributed by atoms with E-state index in [0.29, 0.717) is 0 Å². The Hall–Kier alpha value is -1.09. The van der Waals surface area contributed by atoms with Crippen molar-refractivity contribution in [2.75, 3.05) is 5.32 Å². The standard InChI is InChI=1S/C16H24N2S/c1-4-16(7-5-6-8-16)18-15(19)17-14-10-12(2)9-13(3)11-14/h9-11H,4-8H2,1-3H3,(H2,17,18,19). The van der Waals surface area contributed by atoms with Crippen molar-refractivity contribution in [3.8, 4) is 0 Å². The molecule has 2 N–H and O–H groups in total. The fourth-order valence-corrected chi connectivity index (χ4v) is 3.40.